The molecule has 3 rings (SSSR count). The minimum atomic E-state index is -3.74. The van der Waals surface area contributed by atoms with Gasteiger partial charge in [0.15, 0.2) is 0 Å². The van der Waals surface area contributed by atoms with E-state index in [-0.39, 0.29) is 20.0 Å². The summed E-state index contributed by atoms with van der Waals surface area (Å²) in [6, 6.07) is 10.3. The van der Waals surface area contributed by atoms with Crippen LogP contribution >= 0.6 is 34.8 Å². The first-order valence-corrected chi connectivity index (χ1v) is 10.4. The number of anilines is 1. The van der Waals surface area contributed by atoms with E-state index in [0.717, 1.165) is 11.4 Å². The topological polar surface area (TPSA) is 49.9 Å². The zero-order valence-corrected chi connectivity index (χ0v) is 17.0. The van der Waals surface area contributed by atoms with Crippen molar-refractivity contribution in [2.75, 3.05) is 38.2 Å². The smallest absolute Gasteiger partial charge is 0.244 e. The van der Waals surface area contributed by atoms with Gasteiger partial charge in [0.25, 0.3) is 0 Å². The van der Waals surface area contributed by atoms with Gasteiger partial charge in [-0.1, -0.05) is 40.9 Å². The van der Waals surface area contributed by atoms with Crippen LogP contribution in [0.5, 0.6) is 5.75 Å². The summed E-state index contributed by atoms with van der Waals surface area (Å²) in [6.45, 7) is 1.81. The Hall–Kier alpha value is -1.18. The summed E-state index contributed by atoms with van der Waals surface area (Å²) in [7, 11) is -2.13. The Morgan fingerprint density at radius 2 is 1.58 bits per heavy atom. The van der Waals surface area contributed by atoms with E-state index in [2.05, 4.69) is 4.90 Å². The second-order valence-electron chi connectivity index (χ2n) is 5.79. The quantitative estimate of drug-likeness (QED) is 0.677. The van der Waals surface area contributed by atoms with Crippen molar-refractivity contribution in [3.05, 3.63) is 51.5 Å². The van der Waals surface area contributed by atoms with Crippen LogP contribution in [0.3, 0.4) is 0 Å². The van der Waals surface area contributed by atoms with E-state index in [4.69, 9.17) is 39.5 Å². The van der Waals surface area contributed by atoms with Crippen molar-refractivity contribution in [1.29, 1.82) is 0 Å². The summed E-state index contributed by atoms with van der Waals surface area (Å²) >= 11 is 18.0. The number of methoxy groups -OCH3 is 1. The molecule has 0 spiro atoms. The van der Waals surface area contributed by atoms with Gasteiger partial charge in [0.05, 0.1) is 22.2 Å². The largest absolute Gasteiger partial charge is 0.497 e. The molecule has 9 heteroatoms. The Labute approximate surface area is 168 Å². The fourth-order valence-corrected chi connectivity index (χ4v) is 5.23. The molecule has 0 N–H and O–H groups in total. The lowest BCUT2D eigenvalue weighted by molar-refractivity contribution is 0.384. The maximum Gasteiger partial charge on any atom is 0.244 e. The van der Waals surface area contributed by atoms with E-state index < -0.39 is 10.0 Å². The predicted octanol–water partition coefficient (Wildman–Crippen LogP) is 4.17. The Morgan fingerprint density at radius 3 is 2.23 bits per heavy atom. The van der Waals surface area contributed by atoms with Gasteiger partial charge in [-0.05, 0) is 24.3 Å². The molecule has 5 nitrogen and oxygen atoms in total. The SMILES string of the molecule is COc1cccc(N2CCN(S(=O)(=O)c3cc(Cl)c(Cl)cc3Cl)CC2)c1. The number of piperazine rings is 1. The van der Waals surface area contributed by atoms with E-state index in [1.165, 1.54) is 16.4 Å². The Kier molecular flexibility index (Phi) is 5.89. The molecule has 0 saturated carbocycles. The summed E-state index contributed by atoms with van der Waals surface area (Å²) in [4.78, 5) is 2.09. The maximum absolute atomic E-state index is 12.9. The molecule has 140 valence electrons. The van der Waals surface area contributed by atoms with Crippen LogP contribution in [0.25, 0.3) is 0 Å². The molecular weight excluding hydrogens is 419 g/mol. The molecule has 1 heterocycles. The van der Waals surface area contributed by atoms with Crippen LogP contribution in [0.4, 0.5) is 5.69 Å². The molecule has 0 amide bonds. The molecule has 0 atom stereocenters. The zero-order chi connectivity index (χ0) is 18.9. The van der Waals surface area contributed by atoms with Crippen molar-refractivity contribution in [2.45, 2.75) is 4.90 Å². The van der Waals surface area contributed by atoms with Crippen LogP contribution in [0.15, 0.2) is 41.3 Å². The molecule has 1 aliphatic heterocycles. The highest BCUT2D eigenvalue weighted by Crippen LogP contribution is 2.33. The fraction of sp³-hybridized carbons (Fsp3) is 0.294. The first-order valence-electron chi connectivity index (χ1n) is 7.86. The lowest BCUT2D eigenvalue weighted by atomic mass is 10.2. The summed E-state index contributed by atoms with van der Waals surface area (Å²) in [5, 5.41) is 0.442. The van der Waals surface area contributed by atoms with Crippen molar-refractivity contribution in [3.63, 3.8) is 0 Å². The van der Waals surface area contributed by atoms with Crippen molar-refractivity contribution >= 4 is 50.5 Å². The third-order valence-corrected chi connectivity index (χ3v) is 7.34. The number of nitrogens with zero attached hydrogens (tertiary/aromatic N) is 2. The molecule has 2 aromatic carbocycles. The van der Waals surface area contributed by atoms with Gasteiger partial charge in [0.1, 0.15) is 10.6 Å². The van der Waals surface area contributed by atoms with Crippen molar-refractivity contribution in [1.82, 2.24) is 4.31 Å². The normalized spacial score (nSPS) is 15.9. The van der Waals surface area contributed by atoms with Crippen LogP contribution < -0.4 is 9.64 Å². The second-order valence-corrected chi connectivity index (χ2v) is 8.92. The second kappa shape index (κ2) is 7.82. The molecule has 0 aromatic heterocycles. The van der Waals surface area contributed by atoms with Gasteiger partial charge in [-0.2, -0.15) is 4.31 Å². The monoisotopic (exact) mass is 434 g/mol. The van der Waals surface area contributed by atoms with Gasteiger partial charge in [-0.25, -0.2) is 8.42 Å². The molecule has 0 radical (unpaired) electrons. The molecule has 2 aromatic rings. The van der Waals surface area contributed by atoms with Crippen LogP contribution in [0.2, 0.25) is 15.1 Å². The molecule has 1 aliphatic rings. The van der Waals surface area contributed by atoms with E-state index >= 15 is 0 Å². The van der Waals surface area contributed by atoms with Crippen LogP contribution in [-0.4, -0.2) is 46.0 Å². The molecule has 1 fully saturated rings. The summed E-state index contributed by atoms with van der Waals surface area (Å²) < 4.78 is 32.5. The van der Waals surface area contributed by atoms with Crippen LogP contribution in [0.1, 0.15) is 0 Å². The molecular formula is C17H17Cl3N2O3S. The van der Waals surface area contributed by atoms with E-state index in [1.807, 2.05) is 24.3 Å². The van der Waals surface area contributed by atoms with Gasteiger partial charge >= 0.3 is 0 Å². The third-order valence-electron chi connectivity index (χ3n) is 4.25. The van der Waals surface area contributed by atoms with Gasteiger partial charge < -0.3 is 9.64 Å². The molecule has 26 heavy (non-hydrogen) atoms. The van der Waals surface area contributed by atoms with E-state index in [1.54, 1.807) is 7.11 Å². The molecule has 0 bridgehead atoms. The first kappa shape index (κ1) is 19.6. The minimum Gasteiger partial charge on any atom is -0.497 e. The van der Waals surface area contributed by atoms with E-state index in [0.29, 0.717) is 26.2 Å². The number of sulfonamides is 1. The highest BCUT2D eigenvalue weighted by Gasteiger charge is 2.31. The first-order chi connectivity index (χ1) is 12.3. The maximum atomic E-state index is 12.9. The summed E-state index contributed by atoms with van der Waals surface area (Å²) in [5.74, 6) is 0.764. The highest BCUT2D eigenvalue weighted by atomic mass is 35.5. The number of ether oxygens (including phenoxy) is 1. The Balaban J connectivity index is 1.78. The van der Waals surface area contributed by atoms with Crippen LogP contribution in [-0.2, 0) is 10.0 Å². The number of benzene rings is 2. The standard InChI is InChI=1S/C17H17Cl3N2O3S/c1-25-13-4-2-3-12(9-13)21-5-7-22(8-6-21)26(23,24)17-11-15(19)14(18)10-16(17)20/h2-4,9-11H,5-8H2,1H3. The molecule has 0 aliphatic carbocycles. The predicted molar refractivity (Wildman–Crippen MR) is 105 cm³/mol. The zero-order valence-electron chi connectivity index (χ0n) is 14.0. The molecule has 1 saturated heterocycles. The molecule has 0 unspecified atom stereocenters. The van der Waals surface area contributed by atoms with Gasteiger partial charge in [0.2, 0.25) is 10.0 Å². The number of hydrogen-bond acceptors (Lipinski definition) is 4. The van der Waals surface area contributed by atoms with E-state index in [9.17, 15) is 8.42 Å². The number of halogens is 3. The summed E-state index contributed by atoms with van der Waals surface area (Å²) in [5.41, 5.74) is 0.994. The summed E-state index contributed by atoms with van der Waals surface area (Å²) in [6.07, 6.45) is 0. The van der Waals surface area contributed by atoms with Gasteiger partial charge in [-0.3, -0.25) is 0 Å². The average Bonchev–Trinajstić information content (AvgIpc) is 2.64. The Morgan fingerprint density at radius 1 is 0.923 bits per heavy atom. The third kappa shape index (κ3) is 3.89. The van der Waals surface area contributed by atoms with Crippen molar-refractivity contribution < 1.29 is 13.2 Å². The number of rotatable bonds is 4. The number of hydrogen-bond donors (Lipinski definition) is 0. The van der Waals surface area contributed by atoms with Gasteiger partial charge in [-0.15, -0.1) is 0 Å². The minimum absolute atomic E-state index is 0.0246. The van der Waals surface area contributed by atoms with Crippen molar-refractivity contribution in [2.24, 2.45) is 0 Å². The highest BCUT2D eigenvalue weighted by molar-refractivity contribution is 7.89. The lowest BCUT2D eigenvalue weighted by Gasteiger charge is -2.35. The van der Waals surface area contributed by atoms with Crippen molar-refractivity contribution in [3.8, 4) is 5.75 Å². The van der Waals surface area contributed by atoms with Crippen LogP contribution in [0, 0.1) is 0 Å². The lowest BCUT2D eigenvalue weighted by Crippen LogP contribution is -2.48. The Bertz CT molecular complexity index is 913. The average molecular weight is 436 g/mol. The van der Waals surface area contributed by atoms with Gasteiger partial charge in [0, 0.05) is 37.9 Å². The fourth-order valence-electron chi connectivity index (χ4n) is 2.83.